The van der Waals surface area contributed by atoms with Gasteiger partial charge in [-0.25, -0.2) is 4.98 Å². The van der Waals surface area contributed by atoms with Crippen molar-refractivity contribution in [2.24, 2.45) is 0 Å². The van der Waals surface area contributed by atoms with Crippen LogP contribution in [-0.2, 0) is 4.79 Å². The van der Waals surface area contributed by atoms with Crippen LogP contribution in [0.1, 0.15) is 41.4 Å². The highest BCUT2D eigenvalue weighted by atomic mass is 16.3. The van der Waals surface area contributed by atoms with Crippen molar-refractivity contribution in [1.29, 1.82) is 0 Å². The lowest BCUT2D eigenvalue weighted by Gasteiger charge is -2.70. The van der Waals surface area contributed by atoms with Gasteiger partial charge in [0, 0.05) is 38.3 Å². The second-order valence-electron chi connectivity index (χ2n) is 7.64. The number of aliphatic hydroxyl groups is 1. The predicted molar refractivity (Wildman–Crippen MR) is 108 cm³/mol. The number of nitrogens with zero attached hydrogens (tertiary/aromatic N) is 4. The molecule has 0 bridgehead atoms. The maximum atomic E-state index is 13.2. The number of carbonyl (C=O) groups is 2. The molecule has 2 aliphatic rings. The van der Waals surface area contributed by atoms with Gasteiger partial charge in [-0.05, 0) is 18.1 Å². The normalized spacial score (nSPS) is 22.4. The van der Waals surface area contributed by atoms with Crippen molar-refractivity contribution in [2.45, 2.75) is 31.3 Å². The lowest BCUT2D eigenvalue weighted by molar-refractivity contribution is -0.177. The van der Waals surface area contributed by atoms with Crippen LogP contribution in [0.4, 0.5) is 0 Å². The summed E-state index contributed by atoms with van der Waals surface area (Å²) in [5, 5.41) is 10.1. The van der Waals surface area contributed by atoms with Crippen molar-refractivity contribution in [2.75, 3.05) is 19.7 Å². The molecule has 2 aromatic rings. The number of benzene rings is 1. The third-order valence-electron chi connectivity index (χ3n) is 5.99. The van der Waals surface area contributed by atoms with Crippen LogP contribution in [0.3, 0.4) is 0 Å². The van der Waals surface area contributed by atoms with Crippen molar-refractivity contribution in [3.8, 4) is 0 Å². The van der Waals surface area contributed by atoms with E-state index >= 15 is 0 Å². The van der Waals surface area contributed by atoms with Crippen LogP contribution >= 0.6 is 0 Å². The summed E-state index contributed by atoms with van der Waals surface area (Å²) in [4.78, 5) is 36.6. The number of likely N-dealkylation sites (tertiary alicyclic amines) is 2. The SMILES string of the molecule is C/C=C/c1ccc([C@@H]2[C@H](CO)N(C(=O)c3cnccn3)C23CN(C(C)=O)C3)cc1. The van der Waals surface area contributed by atoms with Crippen molar-refractivity contribution in [1.82, 2.24) is 19.8 Å². The van der Waals surface area contributed by atoms with Crippen LogP contribution < -0.4 is 0 Å². The van der Waals surface area contributed by atoms with Crippen molar-refractivity contribution >= 4 is 17.9 Å². The van der Waals surface area contributed by atoms with E-state index in [0.29, 0.717) is 13.1 Å². The van der Waals surface area contributed by atoms with Crippen LogP contribution in [0.15, 0.2) is 48.9 Å². The van der Waals surface area contributed by atoms with Gasteiger partial charge in [0.05, 0.1) is 24.4 Å². The Kier molecular flexibility index (Phi) is 4.92. The van der Waals surface area contributed by atoms with Gasteiger partial charge in [-0.3, -0.25) is 14.6 Å². The third kappa shape index (κ3) is 3.02. The topological polar surface area (TPSA) is 86.6 Å². The Morgan fingerprint density at radius 3 is 2.52 bits per heavy atom. The van der Waals surface area contributed by atoms with E-state index in [9.17, 15) is 14.7 Å². The summed E-state index contributed by atoms with van der Waals surface area (Å²) in [6.45, 7) is 4.25. The Morgan fingerprint density at radius 2 is 1.97 bits per heavy atom. The van der Waals surface area contributed by atoms with Gasteiger partial charge in [-0.15, -0.1) is 0 Å². The second kappa shape index (κ2) is 7.40. The zero-order valence-corrected chi connectivity index (χ0v) is 16.5. The molecule has 0 radical (unpaired) electrons. The van der Waals surface area contributed by atoms with E-state index in [1.165, 1.54) is 25.5 Å². The third-order valence-corrected chi connectivity index (χ3v) is 5.99. The lowest BCUT2D eigenvalue weighted by atomic mass is 9.60. The zero-order valence-electron chi connectivity index (χ0n) is 16.5. The predicted octanol–water partition coefficient (Wildman–Crippen LogP) is 1.71. The monoisotopic (exact) mass is 392 g/mol. The van der Waals surface area contributed by atoms with Crippen LogP contribution in [-0.4, -0.2) is 68.0 Å². The first kappa shape index (κ1) is 19.3. The highest BCUT2D eigenvalue weighted by molar-refractivity contribution is 5.94. The molecule has 1 aromatic carbocycles. The molecule has 150 valence electrons. The molecular weight excluding hydrogens is 368 g/mol. The van der Waals surface area contributed by atoms with Gasteiger partial charge < -0.3 is 14.9 Å². The van der Waals surface area contributed by atoms with E-state index in [-0.39, 0.29) is 36.1 Å². The minimum Gasteiger partial charge on any atom is -0.394 e. The van der Waals surface area contributed by atoms with Crippen molar-refractivity contribution < 1.29 is 14.7 Å². The zero-order chi connectivity index (χ0) is 20.6. The van der Waals surface area contributed by atoms with Crippen molar-refractivity contribution in [3.63, 3.8) is 0 Å². The van der Waals surface area contributed by atoms with Gasteiger partial charge >= 0.3 is 0 Å². The maximum Gasteiger partial charge on any atom is 0.275 e. The molecule has 4 rings (SSSR count). The van der Waals surface area contributed by atoms with Gasteiger partial charge in [0.15, 0.2) is 0 Å². The second-order valence-corrected chi connectivity index (χ2v) is 7.64. The number of aliphatic hydroxyl groups excluding tert-OH is 1. The summed E-state index contributed by atoms with van der Waals surface area (Å²) >= 11 is 0. The molecule has 2 amide bonds. The summed E-state index contributed by atoms with van der Waals surface area (Å²) in [6.07, 6.45) is 8.43. The van der Waals surface area contributed by atoms with E-state index in [1.54, 1.807) is 9.80 Å². The molecule has 2 atom stereocenters. The molecule has 2 saturated heterocycles. The number of rotatable bonds is 4. The molecule has 1 N–H and O–H groups in total. The van der Waals surface area contributed by atoms with Gasteiger partial charge in [-0.1, -0.05) is 36.4 Å². The summed E-state index contributed by atoms with van der Waals surface area (Å²) in [6, 6.07) is 7.79. The Bertz CT molecular complexity index is 936. The lowest BCUT2D eigenvalue weighted by Crippen LogP contribution is -2.85. The van der Waals surface area contributed by atoms with Crippen LogP contribution in [0.5, 0.6) is 0 Å². The number of hydrogen-bond donors (Lipinski definition) is 1. The quantitative estimate of drug-likeness (QED) is 0.856. The molecule has 1 aromatic heterocycles. The minimum absolute atomic E-state index is 0.0165. The van der Waals surface area contributed by atoms with E-state index in [2.05, 4.69) is 9.97 Å². The Hall–Kier alpha value is -3.06. The number of aromatic nitrogens is 2. The summed E-state index contributed by atoms with van der Waals surface area (Å²) in [5.74, 6) is -0.331. The fourth-order valence-electron chi connectivity index (χ4n) is 4.70. The molecule has 3 heterocycles. The Morgan fingerprint density at radius 1 is 1.24 bits per heavy atom. The molecule has 0 aliphatic carbocycles. The Labute approximate surface area is 169 Å². The average molecular weight is 392 g/mol. The molecule has 7 nitrogen and oxygen atoms in total. The fourth-order valence-corrected chi connectivity index (χ4v) is 4.70. The summed E-state index contributed by atoms with van der Waals surface area (Å²) in [5.41, 5.74) is 1.87. The van der Waals surface area contributed by atoms with Gasteiger partial charge in [0.25, 0.3) is 5.91 Å². The summed E-state index contributed by atoms with van der Waals surface area (Å²) in [7, 11) is 0. The molecule has 0 saturated carbocycles. The first-order valence-electron chi connectivity index (χ1n) is 9.70. The number of allylic oxidation sites excluding steroid dienone is 1. The highest BCUT2D eigenvalue weighted by Gasteiger charge is 2.68. The van der Waals surface area contributed by atoms with E-state index < -0.39 is 5.54 Å². The number of amides is 2. The van der Waals surface area contributed by atoms with Crippen LogP contribution in [0.2, 0.25) is 0 Å². The van der Waals surface area contributed by atoms with Gasteiger partial charge in [0.2, 0.25) is 5.91 Å². The molecule has 0 unspecified atom stereocenters. The molecule has 7 heteroatoms. The molecule has 1 spiro atoms. The highest BCUT2D eigenvalue weighted by Crippen LogP contribution is 2.54. The van der Waals surface area contributed by atoms with Gasteiger partial charge in [-0.2, -0.15) is 0 Å². The molecule has 2 aliphatic heterocycles. The smallest absolute Gasteiger partial charge is 0.275 e. The first-order valence-corrected chi connectivity index (χ1v) is 9.70. The van der Waals surface area contributed by atoms with Crippen LogP contribution in [0, 0.1) is 0 Å². The molecular formula is C22H24N4O3. The van der Waals surface area contributed by atoms with E-state index in [1.807, 2.05) is 43.3 Å². The van der Waals surface area contributed by atoms with Crippen molar-refractivity contribution in [3.05, 3.63) is 65.8 Å². The average Bonchev–Trinajstić information content (AvgIpc) is 2.68. The van der Waals surface area contributed by atoms with Crippen LogP contribution in [0.25, 0.3) is 6.08 Å². The van der Waals surface area contributed by atoms with Gasteiger partial charge in [0.1, 0.15) is 5.69 Å². The molecule has 29 heavy (non-hydrogen) atoms. The fraction of sp³-hybridized carbons (Fsp3) is 0.364. The standard InChI is InChI=1S/C22H24N4O3/c1-3-4-16-5-7-17(8-6-16)20-19(12-27)26(21(29)18-11-23-9-10-24-18)22(20)13-25(14-22)15(2)28/h3-11,19-20,27H,12-14H2,1-2H3/b4-3+/t19-,20+/m0/s1. The van der Waals surface area contributed by atoms with E-state index in [0.717, 1.165) is 11.1 Å². The first-order chi connectivity index (χ1) is 14.0. The minimum atomic E-state index is -0.532. The number of hydrogen-bond acceptors (Lipinski definition) is 5. The number of carbonyl (C=O) groups excluding carboxylic acids is 2. The largest absolute Gasteiger partial charge is 0.394 e. The Balaban J connectivity index is 1.69. The molecule has 2 fully saturated rings. The van der Waals surface area contributed by atoms with E-state index in [4.69, 9.17) is 0 Å². The summed E-state index contributed by atoms with van der Waals surface area (Å²) < 4.78 is 0. The maximum absolute atomic E-state index is 13.2.